The van der Waals surface area contributed by atoms with E-state index in [-0.39, 0.29) is 5.31 Å². The van der Waals surface area contributed by atoms with Crippen LogP contribution in [0.1, 0.15) is 60.3 Å². The van der Waals surface area contributed by atoms with Gasteiger partial charge in [-0.1, -0.05) is 38.9 Å². The van der Waals surface area contributed by atoms with Crippen LogP contribution in [0.4, 0.5) is 0 Å². The summed E-state index contributed by atoms with van der Waals surface area (Å²) < 4.78 is 5.73. The van der Waals surface area contributed by atoms with Gasteiger partial charge < -0.3 is 4.74 Å². The summed E-state index contributed by atoms with van der Waals surface area (Å²) >= 11 is 0. The molecule has 2 aliphatic heterocycles. The molecule has 3 fully saturated rings. The van der Waals surface area contributed by atoms with Gasteiger partial charge in [0, 0.05) is 6.04 Å². The Morgan fingerprint density at radius 3 is 2.29 bits per heavy atom. The standard InChI is InChI=1S/C18H32BNO/c1-13(2)20-9-7-14-15(18(20)11-21-12-18)6-8-17(5,19)10-16(14,3)4/h13-15H,6-12H2,1-5H3. The summed E-state index contributed by atoms with van der Waals surface area (Å²) in [6.45, 7) is 15.0. The molecule has 3 atom stereocenters. The molecule has 3 rings (SSSR count). The predicted molar refractivity (Wildman–Crippen MR) is 88.7 cm³/mol. The third kappa shape index (κ3) is 2.49. The fourth-order valence-electron chi connectivity index (χ4n) is 5.90. The molecule has 1 aliphatic carbocycles. The van der Waals surface area contributed by atoms with E-state index >= 15 is 0 Å². The molecule has 2 nitrogen and oxygen atoms in total. The first kappa shape index (κ1) is 15.9. The maximum atomic E-state index is 6.61. The van der Waals surface area contributed by atoms with E-state index < -0.39 is 0 Å². The molecular weight excluding hydrogens is 257 g/mol. The molecule has 0 aromatic heterocycles. The maximum Gasteiger partial charge on any atom is 0.0742 e. The highest BCUT2D eigenvalue weighted by molar-refractivity contribution is 6.14. The molecule has 0 bridgehead atoms. The quantitative estimate of drug-likeness (QED) is 0.683. The van der Waals surface area contributed by atoms with Crippen LogP contribution in [0.2, 0.25) is 5.31 Å². The van der Waals surface area contributed by atoms with E-state index in [1.54, 1.807) is 0 Å². The highest BCUT2D eigenvalue weighted by Crippen LogP contribution is 2.58. The van der Waals surface area contributed by atoms with E-state index in [0.717, 1.165) is 37.9 Å². The summed E-state index contributed by atoms with van der Waals surface area (Å²) in [7, 11) is 6.61. The average Bonchev–Trinajstić information content (AvgIpc) is 2.39. The topological polar surface area (TPSA) is 12.5 Å². The highest BCUT2D eigenvalue weighted by Gasteiger charge is 2.59. The van der Waals surface area contributed by atoms with Crippen LogP contribution in [-0.4, -0.2) is 44.1 Å². The molecule has 0 aromatic carbocycles. The van der Waals surface area contributed by atoms with Crippen LogP contribution in [0, 0.1) is 17.3 Å². The van der Waals surface area contributed by atoms with Crippen LogP contribution in [0.3, 0.4) is 0 Å². The molecular formula is C18H32BNO. The minimum absolute atomic E-state index is 0.00467. The predicted octanol–water partition coefficient (Wildman–Crippen LogP) is 3.66. The Labute approximate surface area is 132 Å². The highest BCUT2D eigenvalue weighted by atomic mass is 16.5. The third-order valence-electron chi connectivity index (χ3n) is 6.65. The Bertz CT molecular complexity index is 400. The van der Waals surface area contributed by atoms with Crippen LogP contribution < -0.4 is 0 Å². The molecule has 3 heteroatoms. The Kier molecular flexibility index (Phi) is 3.77. The van der Waals surface area contributed by atoms with E-state index in [2.05, 4.69) is 39.5 Å². The number of likely N-dealkylation sites (tertiary alicyclic amines) is 1. The van der Waals surface area contributed by atoms with Gasteiger partial charge in [0.25, 0.3) is 0 Å². The lowest BCUT2D eigenvalue weighted by Gasteiger charge is -2.62. The van der Waals surface area contributed by atoms with Gasteiger partial charge in [-0.05, 0) is 50.5 Å². The summed E-state index contributed by atoms with van der Waals surface area (Å²) in [6.07, 6.45) is 4.91. The lowest BCUT2D eigenvalue weighted by atomic mass is 9.57. The molecule has 3 aliphatic rings. The van der Waals surface area contributed by atoms with Crippen molar-refractivity contribution in [1.82, 2.24) is 4.90 Å². The van der Waals surface area contributed by atoms with Crippen molar-refractivity contribution in [1.29, 1.82) is 0 Å². The maximum absolute atomic E-state index is 6.61. The van der Waals surface area contributed by atoms with Crippen molar-refractivity contribution in [2.45, 2.75) is 77.2 Å². The SMILES string of the molecule is [B]C1(C)CCC2C(CCN(C(C)C)C23COC3)C(C)(C)C1. The number of piperidine rings is 1. The van der Waals surface area contributed by atoms with Crippen LogP contribution in [0.5, 0.6) is 0 Å². The van der Waals surface area contributed by atoms with Crippen molar-refractivity contribution in [3.05, 3.63) is 0 Å². The van der Waals surface area contributed by atoms with Gasteiger partial charge in [0.2, 0.25) is 0 Å². The van der Waals surface area contributed by atoms with E-state index in [9.17, 15) is 0 Å². The summed E-state index contributed by atoms with van der Waals surface area (Å²) in [5.74, 6) is 1.55. The lowest BCUT2D eigenvalue weighted by Crippen LogP contribution is -2.72. The third-order valence-corrected chi connectivity index (χ3v) is 6.65. The molecule has 3 unspecified atom stereocenters. The van der Waals surface area contributed by atoms with Gasteiger partial charge in [-0.15, -0.1) is 0 Å². The van der Waals surface area contributed by atoms with Gasteiger partial charge in [0.1, 0.15) is 0 Å². The normalized spacial score (nSPS) is 42.4. The molecule has 1 spiro atoms. The number of fused-ring (bicyclic) bond motifs is 2. The first-order chi connectivity index (χ1) is 9.68. The number of hydrogen-bond acceptors (Lipinski definition) is 2. The van der Waals surface area contributed by atoms with Gasteiger partial charge in [-0.2, -0.15) is 0 Å². The second-order valence-electron chi connectivity index (χ2n) is 9.24. The summed E-state index contributed by atoms with van der Waals surface area (Å²) in [5, 5.41) is -0.00467. The van der Waals surface area contributed by atoms with Crippen molar-refractivity contribution in [2.24, 2.45) is 17.3 Å². The monoisotopic (exact) mass is 289 g/mol. The number of hydrogen-bond donors (Lipinski definition) is 0. The average molecular weight is 289 g/mol. The smallest absolute Gasteiger partial charge is 0.0742 e. The molecule has 2 heterocycles. The van der Waals surface area contributed by atoms with Crippen LogP contribution in [0.15, 0.2) is 0 Å². The van der Waals surface area contributed by atoms with Crippen LogP contribution >= 0.6 is 0 Å². The zero-order valence-corrected chi connectivity index (χ0v) is 14.6. The van der Waals surface area contributed by atoms with Crippen LogP contribution in [-0.2, 0) is 4.74 Å². The van der Waals surface area contributed by atoms with Crippen molar-refractivity contribution in [2.75, 3.05) is 19.8 Å². The van der Waals surface area contributed by atoms with Crippen LogP contribution in [0.25, 0.3) is 0 Å². The molecule has 2 radical (unpaired) electrons. The lowest BCUT2D eigenvalue weighted by molar-refractivity contribution is -0.216. The molecule has 0 aromatic rings. The zero-order valence-electron chi connectivity index (χ0n) is 14.6. The first-order valence-electron chi connectivity index (χ1n) is 8.81. The minimum Gasteiger partial charge on any atom is -0.377 e. The van der Waals surface area contributed by atoms with Crippen molar-refractivity contribution < 1.29 is 4.74 Å². The Morgan fingerprint density at radius 2 is 1.76 bits per heavy atom. The van der Waals surface area contributed by atoms with Gasteiger partial charge in [-0.25, -0.2) is 0 Å². The van der Waals surface area contributed by atoms with E-state index in [0.29, 0.717) is 17.0 Å². The first-order valence-corrected chi connectivity index (χ1v) is 8.81. The Balaban J connectivity index is 1.95. The van der Waals surface area contributed by atoms with Gasteiger partial charge >= 0.3 is 0 Å². The largest absolute Gasteiger partial charge is 0.377 e. The minimum atomic E-state index is -0.00467. The second kappa shape index (κ2) is 4.99. The molecule has 0 amide bonds. The molecule has 2 saturated heterocycles. The summed E-state index contributed by atoms with van der Waals surface area (Å²) in [6, 6.07) is 0.616. The van der Waals surface area contributed by atoms with Gasteiger partial charge in [-0.3, -0.25) is 4.90 Å². The number of rotatable bonds is 1. The summed E-state index contributed by atoms with van der Waals surface area (Å²) in [5.41, 5.74) is 0.644. The molecule has 118 valence electrons. The van der Waals surface area contributed by atoms with Gasteiger partial charge in [0.15, 0.2) is 0 Å². The van der Waals surface area contributed by atoms with E-state index in [4.69, 9.17) is 12.6 Å². The number of ether oxygens (including phenoxy) is 1. The van der Waals surface area contributed by atoms with Crippen molar-refractivity contribution in [3.8, 4) is 0 Å². The van der Waals surface area contributed by atoms with E-state index in [1.807, 2.05) is 0 Å². The Morgan fingerprint density at radius 1 is 1.10 bits per heavy atom. The molecule has 21 heavy (non-hydrogen) atoms. The fraction of sp³-hybridized carbons (Fsp3) is 1.00. The fourth-order valence-corrected chi connectivity index (χ4v) is 5.90. The zero-order chi connectivity index (χ0) is 15.5. The second-order valence-corrected chi connectivity index (χ2v) is 9.24. The van der Waals surface area contributed by atoms with E-state index in [1.165, 1.54) is 19.4 Å². The van der Waals surface area contributed by atoms with Crippen molar-refractivity contribution >= 4 is 7.85 Å². The Hall–Kier alpha value is -0.0151. The van der Waals surface area contributed by atoms with Gasteiger partial charge in [0.05, 0.1) is 26.6 Å². The summed E-state index contributed by atoms with van der Waals surface area (Å²) in [4.78, 5) is 2.74. The molecule has 1 saturated carbocycles. The van der Waals surface area contributed by atoms with Crippen molar-refractivity contribution in [3.63, 3.8) is 0 Å². The molecule has 0 N–H and O–H groups in total. The number of nitrogens with zero attached hydrogens (tertiary/aromatic N) is 1.